The molecule has 0 unspecified atom stereocenters. The fourth-order valence-corrected chi connectivity index (χ4v) is 3.64. The van der Waals surface area contributed by atoms with Crippen molar-refractivity contribution in [3.63, 3.8) is 0 Å². The Balaban J connectivity index is 1.60. The molecule has 2 aromatic carbocycles. The maximum absolute atomic E-state index is 12.4. The lowest BCUT2D eigenvalue weighted by molar-refractivity contribution is -0.122. The van der Waals surface area contributed by atoms with Gasteiger partial charge < -0.3 is 5.32 Å². The van der Waals surface area contributed by atoms with Gasteiger partial charge in [0.25, 0.3) is 17.1 Å². The Bertz CT molecular complexity index is 929. The Labute approximate surface area is 170 Å². The number of amides is 3. The molecule has 0 radical (unpaired) electrons. The third kappa shape index (κ3) is 4.71. The average molecular weight is 421 g/mol. The van der Waals surface area contributed by atoms with Crippen LogP contribution in [0.15, 0.2) is 53.4 Å². The van der Waals surface area contributed by atoms with Crippen LogP contribution in [0.25, 0.3) is 6.08 Å². The summed E-state index contributed by atoms with van der Waals surface area (Å²) in [7, 11) is 0. The highest BCUT2D eigenvalue weighted by molar-refractivity contribution is 8.18. The number of rotatable bonds is 5. The first-order chi connectivity index (χ1) is 13.0. The van der Waals surface area contributed by atoms with Crippen molar-refractivity contribution in [2.24, 2.45) is 0 Å². The van der Waals surface area contributed by atoms with E-state index in [1.165, 1.54) is 0 Å². The van der Waals surface area contributed by atoms with Crippen LogP contribution in [0.1, 0.15) is 15.9 Å². The molecular weight excluding hydrogens is 407 g/mol. The summed E-state index contributed by atoms with van der Waals surface area (Å²) in [5, 5.41) is 3.23. The van der Waals surface area contributed by atoms with Gasteiger partial charge in [0.15, 0.2) is 0 Å². The monoisotopic (exact) mass is 420 g/mol. The summed E-state index contributed by atoms with van der Waals surface area (Å²) in [5.41, 5.74) is 1.12. The average Bonchev–Trinajstić information content (AvgIpc) is 2.91. The van der Waals surface area contributed by atoms with Crippen molar-refractivity contribution in [1.29, 1.82) is 0 Å². The van der Waals surface area contributed by atoms with Crippen LogP contribution >= 0.6 is 35.0 Å². The standard InChI is InChI=1S/C19H14Cl2N2O3S/c20-13-7-5-12(6-8-13)11-16-18(25)23(19(26)27-16)10-9-22-17(24)14-3-1-2-4-15(14)21/h1-8,11H,9-10H2,(H,22,24). The molecule has 1 fully saturated rings. The van der Waals surface area contributed by atoms with Gasteiger partial charge in [0.2, 0.25) is 0 Å². The van der Waals surface area contributed by atoms with E-state index < -0.39 is 0 Å². The molecule has 1 aliphatic rings. The molecule has 0 spiro atoms. The minimum absolute atomic E-state index is 0.0822. The Morgan fingerprint density at radius 1 is 1.07 bits per heavy atom. The van der Waals surface area contributed by atoms with Gasteiger partial charge in [0.05, 0.1) is 15.5 Å². The van der Waals surface area contributed by atoms with Gasteiger partial charge in [-0.2, -0.15) is 0 Å². The second kappa shape index (κ2) is 8.61. The van der Waals surface area contributed by atoms with Gasteiger partial charge in [-0.1, -0.05) is 47.5 Å². The van der Waals surface area contributed by atoms with Crippen LogP contribution in [0.3, 0.4) is 0 Å². The van der Waals surface area contributed by atoms with E-state index >= 15 is 0 Å². The Kier molecular flexibility index (Phi) is 6.21. The van der Waals surface area contributed by atoms with E-state index in [9.17, 15) is 14.4 Å². The highest BCUT2D eigenvalue weighted by Gasteiger charge is 2.34. The number of hydrogen-bond acceptors (Lipinski definition) is 4. The number of hydrogen-bond donors (Lipinski definition) is 1. The molecule has 0 aromatic heterocycles. The first-order valence-electron chi connectivity index (χ1n) is 7.99. The number of halogens is 2. The van der Waals surface area contributed by atoms with Crippen LogP contribution in [0.2, 0.25) is 10.0 Å². The summed E-state index contributed by atoms with van der Waals surface area (Å²) in [6, 6.07) is 13.6. The Morgan fingerprint density at radius 3 is 2.48 bits per heavy atom. The van der Waals surface area contributed by atoms with Crippen molar-refractivity contribution in [2.75, 3.05) is 13.1 Å². The smallest absolute Gasteiger partial charge is 0.293 e. The first-order valence-corrected chi connectivity index (χ1v) is 9.56. The van der Waals surface area contributed by atoms with E-state index in [0.29, 0.717) is 20.5 Å². The molecule has 0 saturated carbocycles. The molecule has 138 valence electrons. The third-order valence-electron chi connectivity index (χ3n) is 3.78. The lowest BCUT2D eigenvalue weighted by Crippen LogP contribution is -2.37. The van der Waals surface area contributed by atoms with Crippen molar-refractivity contribution in [1.82, 2.24) is 10.2 Å². The molecular formula is C19H14Cl2N2O3S. The molecule has 1 aliphatic heterocycles. The van der Waals surface area contributed by atoms with Crippen molar-refractivity contribution in [3.05, 3.63) is 74.6 Å². The highest BCUT2D eigenvalue weighted by Crippen LogP contribution is 2.32. The maximum Gasteiger partial charge on any atom is 0.293 e. The highest BCUT2D eigenvalue weighted by atomic mass is 35.5. The van der Waals surface area contributed by atoms with Crippen LogP contribution in [-0.4, -0.2) is 35.0 Å². The molecule has 1 N–H and O–H groups in total. The summed E-state index contributed by atoms with van der Waals surface area (Å²) in [4.78, 5) is 38.1. The van der Waals surface area contributed by atoms with Crippen molar-refractivity contribution in [3.8, 4) is 0 Å². The van der Waals surface area contributed by atoms with Gasteiger partial charge in [0, 0.05) is 18.1 Å². The molecule has 0 aliphatic carbocycles. The number of thioether (sulfide) groups is 1. The molecule has 1 saturated heterocycles. The van der Waals surface area contributed by atoms with Gasteiger partial charge in [-0.3, -0.25) is 19.3 Å². The fourth-order valence-electron chi connectivity index (χ4n) is 2.42. The first kappa shape index (κ1) is 19.5. The number of carbonyl (C=O) groups is 3. The van der Waals surface area contributed by atoms with E-state index in [1.807, 2.05) is 0 Å². The largest absolute Gasteiger partial charge is 0.350 e. The summed E-state index contributed by atoms with van der Waals surface area (Å²) in [6.07, 6.45) is 1.64. The topological polar surface area (TPSA) is 66.5 Å². The van der Waals surface area contributed by atoms with Gasteiger partial charge >= 0.3 is 0 Å². The van der Waals surface area contributed by atoms with Crippen molar-refractivity contribution in [2.45, 2.75) is 0 Å². The number of nitrogens with one attached hydrogen (secondary N) is 1. The van der Waals surface area contributed by atoms with Gasteiger partial charge in [0.1, 0.15) is 0 Å². The minimum atomic E-state index is -0.382. The summed E-state index contributed by atoms with van der Waals surface area (Å²) in [6.45, 7) is 0.217. The number of benzene rings is 2. The van der Waals surface area contributed by atoms with Crippen LogP contribution in [0.5, 0.6) is 0 Å². The molecule has 2 aromatic rings. The maximum atomic E-state index is 12.4. The van der Waals surface area contributed by atoms with Gasteiger partial charge in [-0.25, -0.2) is 0 Å². The molecule has 0 atom stereocenters. The lowest BCUT2D eigenvalue weighted by Gasteiger charge is -2.13. The van der Waals surface area contributed by atoms with Gasteiger partial charge in [-0.05, 0) is 47.7 Å². The van der Waals surface area contributed by atoms with Crippen LogP contribution in [0, 0.1) is 0 Å². The van der Waals surface area contributed by atoms with Crippen molar-refractivity contribution < 1.29 is 14.4 Å². The van der Waals surface area contributed by atoms with Gasteiger partial charge in [-0.15, -0.1) is 0 Å². The summed E-state index contributed by atoms with van der Waals surface area (Å²) in [5.74, 6) is -0.740. The van der Waals surface area contributed by atoms with E-state index in [1.54, 1.807) is 54.6 Å². The number of carbonyl (C=O) groups excluding carboxylic acids is 3. The molecule has 3 amide bonds. The van der Waals surface area contributed by atoms with Crippen LogP contribution in [0.4, 0.5) is 4.79 Å². The third-order valence-corrected chi connectivity index (χ3v) is 5.27. The molecule has 27 heavy (non-hydrogen) atoms. The molecule has 8 heteroatoms. The summed E-state index contributed by atoms with van der Waals surface area (Å²) < 4.78 is 0. The number of nitrogens with zero attached hydrogens (tertiary/aromatic N) is 1. The van der Waals surface area contributed by atoms with E-state index in [4.69, 9.17) is 23.2 Å². The van der Waals surface area contributed by atoms with Crippen LogP contribution < -0.4 is 5.32 Å². The minimum Gasteiger partial charge on any atom is -0.350 e. The lowest BCUT2D eigenvalue weighted by atomic mass is 10.2. The second-order valence-corrected chi connectivity index (χ2v) is 7.46. The quantitative estimate of drug-likeness (QED) is 0.724. The molecule has 1 heterocycles. The number of imide groups is 1. The zero-order valence-electron chi connectivity index (χ0n) is 13.9. The Morgan fingerprint density at radius 2 is 1.78 bits per heavy atom. The molecule has 5 nitrogen and oxygen atoms in total. The van der Waals surface area contributed by atoms with Crippen molar-refractivity contribution >= 4 is 58.1 Å². The van der Waals surface area contributed by atoms with E-state index in [2.05, 4.69) is 5.32 Å². The predicted molar refractivity (Wildman–Crippen MR) is 108 cm³/mol. The SMILES string of the molecule is O=C(NCCN1C(=O)SC(=Cc2ccc(Cl)cc2)C1=O)c1ccccc1Cl. The second-order valence-electron chi connectivity index (χ2n) is 5.62. The normalized spacial score (nSPS) is 15.5. The zero-order valence-corrected chi connectivity index (χ0v) is 16.3. The van der Waals surface area contributed by atoms with E-state index in [-0.39, 0.29) is 30.1 Å². The van der Waals surface area contributed by atoms with Crippen LogP contribution in [-0.2, 0) is 4.79 Å². The Hall–Kier alpha value is -2.28. The fraction of sp³-hybridized carbons (Fsp3) is 0.105. The van der Waals surface area contributed by atoms with E-state index in [0.717, 1.165) is 22.2 Å². The molecule has 3 rings (SSSR count). The predicted octanol–water partition coefficient (Wildman–Crippen LogP) is 4.46. The zero-order chi connectivity index (χ0) is 19.4. The molecule has 0 bridgehead atoms. The summed E-state index contributed by atoms with van der Waals surface area (Å²) >= 11 is 12.7.